The first-order valence-electron chi connectivity index (χ1n) is 8.68. The number of benzene rings is 1. The summed E-state index contributed by atoms with van der Waals surface area (Å²) in [6, 6.07) is 7.61. The van der Waals surface area contributed by atoms with Crippen LogP contribution in [0.1, 0.15) is 33.6 Å². The van der Waals surface area contributed by atoms with E-state index in [2.05, 4.69) is 29.4 Å². The second-order valence-electron chi connectivity index (χ2n) is 6.60. The van der Waals surface area contributed by atoms with Gasteiger partial charge >= 0.3 is 0 Å². The predicted octanol–water partition coefficient (Wildman–Crippen LogP) is 2.70. The van der Waals surface area contributed by atoms with Crippen LogP contribution in [-0.4, -0.2) is 39.7 Å². The lowest BCUT2D eigenvalue weighted by molar-refractivity contribution is -0.119. The molecule has 0 fully saturated rings. The van der Waals surface area contributed by atoms with Crippen molar-refractivity contribution in [3.05, 3.63) is 24.3 Å². The summed E-state index contributed by atoms with van der Waals surface area (Å²) in [6.45, 7) is 6.38. The van der Waals surface area contributed by atoms with Crippen molar-refractivity contribution < 1.29 is 9.53 Å². The molecule has 0 aliphatic rings. The maximum atomic E-state index is 12.1. The summed E-state index contributed by atoms with van der Waals surface area (Å²) in [7, 11) is 1.59. The smallest absolute Gasteiger partial charge is 0.230 e. The molecule has 0 saturated carbocycles. The second-order valence-corrected chi connectivity index (χ2v) is 7.55. The van der Waals surface area contributed by atoms with Crippen LogP contribution in [0, 0.1) is 5.92 Å². The van der Waals surface area contributed by atoms with E-state index < -0.39 is 0 Å². The average molecular weight is 378 g/mol. The van der Waals surface area contributed by atoms with Gasteiger partial charge in [-0.05, 0) is 37.8 Å². The number of rotatable bonds is 9. The quantitative estimate of drug-likeness (QED) is 0.515. The van der Waals surface area contributed by atoms with Gasteiger partial charge in [-0.3, -0.25) is 4.79 Å². The van der Waals surface area contributed by atoms with Gasteiger partial charge < -0.3 is 15.9 Å². The van der Waals surface area contributed by atoms with Crippen molar-refractivity contribution in [3.8, 4) is 17.1 Å². The Labute approximate surface area is 158 Å². The molecule has 0 spiro atoms. The number of ether oxygens (including phenoxy) is 1. The molecule has 0 saturated heterocycles. The molecule has 1 atom stereocenters. The molecule has 0 bridgehead atoms. The van der Waals surface area contributed by atoms with Crippen molar-refractivity contribution in [3.63, 3.8) is 0 Å². The van der Waals surface area contributed by atoms with E-state index in [1.165, 1.54) is 16.4 Å². The monoisotopic (exact) mass is 377 g/mol. The van der Waals surface area contributed by atoms with Crippen LogP contribution < -0.4 is 15.9 Å². The zero-order chi connectivity index (χ0) is 19.1. The molecule has 0 aliphatic carbocycles. The van der Waals surface area contributed by atoms with Gasteiger partial charge in [-0.25, -0.2) is 4.68 Å². The van der Waals surface area contributed by atoms with Crippen LogP contribution >= 0.6 is 11.8 Å². The number of hydrogen-bond donors (Lipinski definition) is 2. The minimum Gasteiger partial charge on any atom is -0.496 e. The molecule has 7 nitrogen and oxygen atoms in total. The Kier molecular flexibility index (Phi) is 7.32. The molecule has 142 valence electrons. The summed E-state index contributed by atoms with van der Waals surface area (Å²) in [5.41, 5.74) is 0.753. The molecular formula is C18H27N5O2S. The van der Waals surface area contributed by atoms with Gasteiger partial charge in [-0.1, -0.05) is 37.7 Å². The van der Waals surface area contributed by atoms with Gasteiger partial charge in [-0.15, -0.1) is 10.2 Å². The van der Waals surface area contributed by atoms with Crippen molar-refractivity contribution in [2.24, 2.45) is 5.92 Å². The standard InChI is InChI=1S/C18H27N5O2S/c1-12(2)9-10-13(3)20-16(24)11-26-18-22-21-17(23(18)19)14-7-5-6-8-15(14)25-4/h5-8,12-13H,9-11,19H2,1-4H3,(H,20,24). The number of nitrogens with zero attached hydrogens (tertiary/aromatic N) is 3. The van der Waals surface area contributed by atoms with E-state index in [0.29, 0.717) is 22.6 Å². The number of hydrogen-bond acceptors (Lipinski definition) is 6. The Bertz CT molecular complexity index is 732. The van der Waals surface area contributed by atoms with Crippen LogP contribution in [-0.2, 0) is 4.79 Å². The molecular weight excluding hydrogens is 350 g/mol. The number of nitrogen functional groups attached to an aromatic ring is 1. The van der Waals surface area contributed by atoms with Crippen molar-refractivity contribution in [1.82, 2.24) is 20.2 Å². The maximum Gasteiger partial charge on any atom is 0.230 e. The zero-order valence-electron chi connectivity index (χ0n) is 15.7. The summed E-state index contributed by atoms with van der Waals surface area (Å²) < 4.78 is 6.72. The highest BCUT2D eigenvalue weighted by molar-refractivity contribution is 7.99. The van der Waals surface area contributed by atoms with E-state index in [-0.39, 0.29) is 17.7 Å². The van der Waals surface area contributed by atoms with E-state index >= 15 is 0 Å². The van der Waals surface area contributed by atoms with Gasteiger partial charge in [0.05, 0.1) is 18.4 Å². The molecule has 8 heteroatoms. The molecule has 1 amide bonds. The Morgan fingerprint density at radius 3 is 2.69 bits per heavy atom. The lowest BCUT2D eigenvalue weighted by Crippen LogP contribution is -2.34. The zero-order valence-corrected chi connectivity index (χ0v) is 16.5. The molecule has 1 heterocycles. The van der Waals surface area contributed by atoms with E-state index in [9.17, 15) is 4.79 Å². The molecule has 0 radical (unpaired) electrons. The topological polar surface area (TPSA) is 95.1 Å². The third-order valence-corrected chi connectivity index (χ3v) is 4.87. The summed E-state index contributed by atoms with van der Waals surface area (Å²) in [5, 5.41) is 11.7. The van der Waals surface area contributed by atoms with E-state index in [1.54, 1.807) is 7.11 Å². The molecule has 0 aliphatic heterocycles. The molecule has 1 aromatic heterocycles. The molecule has 2 aromatic rings. The summed E-state index contributed by atoms with van der Waals surface area (Å²) in [4.78, 5) is 12.1. The minimum absolute atomic E-state index is 0.0342. The number of nitrogens with two attached hydrogens (primary N) is 1. The van der Waals surface area contributed by atoms with Crippen LogP contribution in [0.4, 0.5) is 0 Å². The number of methoxy groups -OCH3 is 1. The molecule has 2 rings (SSSR count). The number of carbonyl (C=O) groups is 1. The Morgan fingerprint density at radius 1 is 1.27 bits per heavy atom. The van der Waals surface area contributed by atoms with Crippen LogP contribution in [0.3, 0.4) is 0 Å². The highest BCUT2D eigenvalue weighted by Gasteiger charge is 2.17. The largest absolute Gasteiger partial charge is 0.496 e. The van der Waals surface area contributed by atoms with E-state index in [4.69, 9.17) is 10.6 Å². The average Bonchev–Trinajstić information content (AvgIpc) is 2.98. The Balaban J connectivity index is 1.95. The third-order valence-electron chi connectivity index (χ3n) is 3.93. The first kappa shape index (κ1) is 20.1. The normalized spacial score (nSPS) is 12.2. The molecule has 3 N–H and O–H groups in total. The van der Waals surface area contributed by atoms with E-state index in [1.807, 2.05) is 31.2 Å². The number of thioether (sulfide) groups is 1. The lowest BCUT2D eigenvalue weighted by Gasteiger charge is -2.14. The van der Waals surface area contributed by atoms with Crippen LogP contribution in [0.2, 0.25) is 0 Å². The maximum absolute atomic E-state index is 12.1. The van der Waals surface area contributed by atoms with Crippen molar-refractivity contribution in [2.75, 3.05) is 18.7 Å². The Morgan fingerprint density at radius 2 is 2.00 bits per heavy atom. The minimum atomic E-state index is -0.0342. The highest BCUT2D eigenvalue weighted by Crippen LogP contribution is 2.29. The van der Waals surface area contributed by atoms with Gasteiger partial charge in [0.15, 0.2) is 5.82 Å². The number of nitrogens with one attached hydrogen (secondary N) is 1. The summed E-state index contributed by atoms with van der Waals surface area (Å²) in [6.07, 6.45) is 2.06. The van der Waals surface area contributed by atoms with Crippen LogP contribution in [0.5, 0.6) is 5.75 Å². The fourth-order valence-corrected chi connectivity index (χ4v) is 3.16. The first-order valence-corrected chi connectivity index (χ1v) is 9.67. The lowest BCUT2D eigenvalue weighted by atomic mass is 10.0. The predicted molar refractivity (Wildman–Crippen MR) is 105 cm³/mol. The van der Waals surface area contributed by atoms with Gasteiger partial charge in [-0.2, -0.15) is 0 Å². The van der Waals surface area contributed by atoms with Crippen LogP contribution in [0.25, 0.3) is 11.4 Å². The van der Waals surface area contributed by atoms with Gasteiger partial charge in [0.2, 0.25) is 11.1 Å². The van der Waals surface area contributed by atoms with E-state index in [0.717, 1.165) is 18.4 Å². The Hall–Kier alpha value is -2.22. The number of amides is 1. The summed E-state index contributed by atoms with van der Waals surface area (Å²) in [5.74, 6) is 8.11. The highest BCUT2D eigenvalue weighted by atomic mass is 32.2. The molecule has 1 unspecified atom stereocenters. The second kappa shape index (κ2) is 9.47. The van der Waals surface area contributed by atoms with Gasteiger partial charge in [0.1, 0.15) is 5.75 Å². The number of para-hydroxylation sites is 1. The number of carbonyl (C=O) groups excluding carboxylic acids is 1. The summed E-state index contributed by atoms with van der Waals surface area (Å²) >= 11 is 1.26. The first-order chi connectivity index (χ1) is 12.4. The van der Waals surface area contributed by atoms with Crippen LogP contribution in [0.15, 0.2) is 29.4 Å². The SMILES string of the molecule is COc1ccccc1-c1nnc(SCC(=O)NC(C)CCC(C)C)n1N. The van der Waals surface area contributed by atoms with Crippen molar-refractivity contribution in [1.29, 1.82) is 0 Å². The number of aromatic nitrogens is 3. The van der Waals surface area contributed by atoms with Gasteiger partial charge in [0.25, 0.3) is 0 Å². The fourth-order valence-electron chi connectivity index (χ4n) is 2.49. The molecule has 1 aromatic carbocycles. The van der Waals surface area contributed by atoms with Crippen molar-refractivity contribution >= 4 is 17.7 Å². The van der Waals surface area contributed by atoms with Gasteiger partial charge in [0, 0.05) is 6.04 Å². The fraction of sp³-hybridized carbons (Fsp3) is 0.500. The van der Waals surface area contributed by atoms with Crippen molar-refractivity contribution in [2.45, 2.75) is 44.8 Å². The molecule has 26 heavy (non-hydrogen) atoms. The third kappa shape index (κ3) is 5.39.